The average Bonchev–Trinajstić information content (AvgIpc) is 3.25. The topological polar surface area (TPSA) is 99.4 Å². The molecule has 0 radical (unpaired) electrons. The number of halogens is 4. The van der Waals surface area contributed by atoms with Gasteiger partial charge in [-0.3, -0.25) is 14.5 Å². The normalized spacial score (nSPS) is 25.2. The monoisotopic (exact) mass is 496 g/mol. The van der Waals surface area contributed by atoms with Crippen molar-refractivity contribution in [2.45, 2.75) is 56.2 Å². The van der Waals surface area contributed by atoms with Crippen molar-refractivity contribution >= 4 is 28.3 Å². The molecule has 1 saturated carbocycles. The van der Waals surface area contributed by atoms with Crippen LogP contribution >= 0.6 is 11.6 Å². The molecule has 12 heteroatoms. The zero-order valence-corrected chi connectivity index (χ0v) is 18.5. The summed E-state index contributed by atoms with van der Waals surface area (Å²) in [6.07, 6.45) is -2.83. The summed E-state index contributed by atoms with van der Waals surface area (Å²) in [5.74, 6) is 0.0221. The minimum atomic E-state index is -4.64. The largest absolute Gasteiger partial charge is 0.522 e. The Kier molecular flexibility index (Phi) is 6.17. The summed E-state index contributed by atoms with van der Waals surface area (Å²) in [6.45, 7) is 0.252. The van der Waals surface area contributed by atoms with Gasteiger partial charge in [0.15, 0.2) is 0 Å². The van der Waals surface area contributed by atoms with Crippen LogP contribution < -0.4 is 5.32 Å². The first-order valence-electron chi connectivity index (χ1n) is 10.8. The number of carbonyl (C=O) groups is 1. The van der Waals surface area contributed by atoms with Crippen LogP contribution in [0.15, 0.2) is 34.9 Å². The number of pyridine rings is 1. The van der Waals surface area contributed by atoms with Crippen molar-refractivity contribution in [1.82, 2.24) is 20.5 Å². The fraction of sp³-hybridized carbons (Fsp3) is 0.455. The lowest BCUT2D eigenvalue weighted by Crippen LogP contribution is -2.41. The van der Waals surface area contributed by atoms with Crippen LogP contribution in [0.3, 0.4) is 0 Å². The van der Waals surface area contributed by atoms with Gasteiger partial charge in [-0.1, -0.05) is 17.7 Å². The van der Waals surface area contributed by atoms with Crippen LogP contribution in [-0.4, -0.2) is 46.2 Å². The highest BCUT2D eigenvalue weighted by Crippen LogP contribution is 2.41. The van der Waals surface area contributed by atoms with E-state index in [1.807, 2.05) is 6.07 Å². The number of nitrogens with one attached hydrogen (secondary N) is 1. The number of alkyl halides is 3. The number of aromatic nitrogens is 3. The molecule has 2 aliphatic rings. The second-order valence-electron chi connectivity index (χ2n) is 8.46. The number of rotatable bonds is 5. The van der Waals surface area contributed by atoms with Crippen LogP contribution in [0.5, 0.6) is 0 Å². The van der Waals surface area contributed by atoms with Crippen LogP contribution in [0.2, 0.25) is 5.02 Å². The quantitative estimate of drug-likeness (QED) is 0.546. The minimum absolute atomic E-state index is 0.177. The second-order valence-corrected chi connectivity index (χ2v) is 8.90. The number of hydrogen-bond acceptors (Lipinski definition) is 7. The van der Waals surface area contributed by atoms with E-state index in [1.165, 1.54) is 0 Å². The second kappa shape index (κ2) is 9.12. The molecule has 2 fully saturated rings. The smallest absolute Gasteiger partial charge is 0.422 e. The molecule has 1 amide bonds. The predicted octanol–water partition coefficient (Wildman–Crippen LogP) is 4.70. The van der Waals surface area contributed by atoms with Crippen LogP contribution in [0.25, 0.3) is 10.8 Å². The van der Waals surface area contributed by atoms with E-state index < -0.39 is 18.6 Å². The summed E-state index contributed by atoms with van der Waals surface area (Å²) in [6, 6.07) is 6.86. The molecule has 1 N–H and O–H groups in total. The zero-order valence-electron chi connectivity index (χ0n) is 17.7. The fourth-order valence-corrected chi connectivity index (χ4v) is 4.33. The molecule has 3 heterocycles. The Bertz CT molecular complexity index is 1190. The Balaban J connectivity index is 1.12. The number of hydrogen-bond donors (Lipinski definition) is 1. The average molecular weight is 497 g/mol. The lowest BCUT2D eigenvalue weighted by atomic mass is 9.82. The van der Waals surface area contributed by atoms with Gasteiger partial charge < -0.3 is 14.5 Å². The maximum atomic E-state index is 12.6. The molecule has 2 atom stereocenters. The molecule has 1 saturated heterocycles. The van der Waals surface area contributed by atoms with Gasteiger partial charge in [0, 0.05) is 22.5 Å². The molecule has 0 unspecified atom stereocenters. The summed E-state index contributed by atoms with van der Waals surface area (Å²) < 4.78 is 52.2. The molecule has 180 valence electrons. The van der Waals surface area contributed by atoms with Crippen molar-refractivity contribution < 1.29 is 31.9 Å². The molecule has 8 nitrogen and oxygen atoms in total. The lowest BCUT2D eigenvalue weighted by Gasteiger charge is -2.33. The van der Waals surface area contributed by atoms with Crippen molar-refractivity contribution in [3.63, 3.8) is 0 Å². The van der Waals surface area contributed by atoms with E-state index in [4.69, 9.17) is 20.8 Å². The molecule has 34 heavy (non-hydrogen) atoms. The Morgan fingerprint density at radius 2 is 1.91 bits per heavy atom. The highest BCUT2D eigenvalue weighted by molar-refractivity contribution is 6.31. The van der Waals surface area contributed by atoms with E-state index in [0.717, 1.165) is 10.8 Å². The summed E-state index contributed by atoms with van der Waals surface area (Å²) in [5.41, 5.74) is 0.298. The minimum Gasteiger partial charge on any atom is -0.422 e. The first-order chi connectivity index (χ1) is 16.2. The third kappa shape index (κ3) is 5.16. The molecule has 0 bridgehead atoms. The number of carbonyl (C=O) groups excluding carboxylic acids is 1. The summed E-state index contributed by atoms with van der Waals surface area (Å²) in [4.78, 5) is 16.8. The van der Waals surface area contributed by atoms with E-state index >= 15 is 0 Å². The van der Waals surface area contributed by atoms with Crippen molar-refractivity contribution in [1.29, 1.82) is 0 Å². The maximum Gasteiger partial charge on any atom is 0.522 e. The fourth-order valence-electron chi connectivity index (χ4n) is 4.15. The van der Waals surface area contributed by atoms with E-state index in [2.05, 4.69) is 25.2 Å². The van der Waals surface area contributed by atoms with Crippen LogP contribution in [0.1, 0.15) is 60.0 Å². The van der Waals surface area contributed by atoms with Gasteiger partial charge in [0.05, 0.1) is 18.8 Å². The van der Waals surface area contributed by atoms with Crippen molar-refractivity contribution in [2.75, 3.05) is 6.61 Å². The Morgan fingerprint density at radius 3 is 2.65 bits per heavy atom. The van der Waals surface area contributed by atoms with Gasteiger partial charge in [-0.15, -0.1) is 23.4 Å². The van der Waals surface area contributed by atoms with Gasteiger partial charge >= 0.3 is 6.36 Å². The molecule has 1 aliphatic heterocycles. The third-order valence-corrected chi connectivity index (χ3v) is 6.24. The van der Waals surface area contributed by atoms with E-state index in [1.54, 1.807) is 24.4 Å². The zero-order chi connectivity index (χ0) is 23.9. The number of benzene rings is 1. The summed E-state index contributed by atoms with van der Waals surface area (Å²) in [7, 11) is 0. The van der Waals surface area contributed by atoms with E-state index in [0.29, 0.717) is 29.4 Å². The van der Waals surface area contributed by atoms with E-state index in [-0.39, 0.29) is 43.2 Å². The van der Waals surface area contributed by atoms with Crippen molar-refractivity contribution in [3.05, 3.63) is 53.0 Å². The molecule has 2 aromatic heterocycles. The molecule has 1 aromatic carbocycles. The number of ether oxygens (including phenoxy) is 2. The number of fused-ring (bicyclic) bond motifs is 1. The first kappa shape index (κ1) is 23.0. The van der Waals surface area contributed by atoms with Crippen molar-refractivity contribution in [3.8, 4) is 0 Å². The number of amides is 1. The van der Waals surface area contributed by atoms with Gasteiger partial charge in [-0.2, -0.15) is 0 Å². The predicted molar refractivity (Wildman–Crippen MR) is 113 cm³/mol. The third-order valence-electron chi connectivity index (χ3n) is 6.00. The van der Waals surface area contributed by atoms with Crippen molar-refractivity contribution in [2.24, 2.45) is 0 Å². The van der Waals surface area contributed by atoms with Crippen LogP contribution in [0, 0.1) is 0 Å². The molecule has 0 spiro atoms. The van der Waals surface area contributed by atoms with Gasteiger partial charge in [0.2, 0.25) is 11.8 Å². The Hall–Kier alpha value is -2.76. The van der Waals surface area contributed by atoms with Gasteiger partial charge in [-0.05, 0) is 49.3 Å². The molecule has 3 aromatic rings. The molecule has 5 rings (SSSR count). The summed E-state index contributed by atoms with van der Waals surface area (Å²) in [5, 5.41) is 13.2. The van der Waals surface area contributed by atoms with Crippen LogP contribution in [-0.2, 0) is 9.47 Å². The molecular weight excluding hydrogens is 477 g/mol. The first-order valence-corrected chi connectivity index (χ1v) is 11.2. The van der Waals surface area contributed by atoms with Gasteiger partial charge in [-0.25, -0.2) is 0 Å². The van der Waals surface area contributed by atoms with Gasteiger partial charge in [0.1, 0.15) is 11.8 Å². The standard InChI is InChI=1S/C22H20ClF3N4O4/c23-14-2-1-11-8-17(27-9-13(11)5-14)19(31)28-15-3-4-18(32-10-15)21-30-29-20(33-21)12-6-16(7-12)34-22(24,25)26/h1-2,5,8-9,12,15-16,18H,3-4,6-7,10H2,(H,28,31)/t12?,15-,16?,18+/m1/s1. The van der Waals surface area contributed by atoms with E-state index in [9.17, 15) is 18.0 Å². The highest BCUT2D eigenvalue weighted by Gasteiger charge is 2.42. The summed E-state index contributed by atoms with van der Waals surface area (Å²) >= 11 is 5.98. The Morgan fingerprint density at radius 1 is 1.12 bits per heavy atom. The Labute approximate surface area is 196 Å². The highest BCUT2D eigenvalue weighted by atomic mass is 35.5. The number of nitrogens with zero attached hydrogens (tertiary/aromatic N) is 3. The van der Waals surface area contributed by atoms with Gasteiger partial charge in [0.25, 0.3) is 5.91 Å². The lowest BCUT2D eigenvalue weighted by molar-refractivity contribution is -0.352. The van der Waals surface area contributed by atoms with Crippen LogP contribution in [0.4, 0.5) is 13.2 Å². The SMILES string of the molecule is O=C(N[C@@H]1CC[C@@H](c2nnc(C3CC(OC(F)(F)F)C3)o2)OC1)c1cc2ccc(Cl)cc2cn1. The molecule has 1 aliphatic carbocycles. The maximum absolute atomic E-state index is 12.6. The molecular formula is C22H20ClF3N4O4.